The molecule has 0 aliphatic carbocycles. The minimum atomic E-state index is 0.501. The minimum absolute atomic E-state index is 0.501. The molecule has 0 N–H and O–H groups in total. The van der Waals surface area contributed by atoms with Gasteiger partial charge in [0.05, 0.1) is 6.34 Å². The topological polar surface area (TPSA) is 15.6 Å². The summed E-state index contributed by atoms with van der Waals surface area (Å²) in [6, 6.07) is 22.0. The van der Waals surface area contributed by atoms with Crippen molar-refractivity contribution in [1.29, 1.82) is 0 Å². The molecule has 0 saturated carbocycles. The minimum Gasteiger partial charge on any atom is -0.363 e. The lowest BCUT2D eigenvalue weighted by atomic mass is 9.76. The van der Waals surface area contributed by atoms with Crippen LogP contribution in [0.25, 0.3) is 0 Å². The van der Waals surface area contributed by atoms with Crippen LogP contribution in [0.1, 0.15) is 49.7 Å². The van der Waals surface area contributed by atoms with Gasteiger partial charge in [0.15, 0.2) is 0 Å². The van der Waals surface area contributed by atoms with Gasteiger partial charge >= 0.3 is 0 Å². The average Bonchev–Trinajstić information content (AvgIpc) is 2.68. The first-order valence-electron chi connectivity index (χ1n) is 9.72. The molecule has 0 radical (unpaired) electrons. The molecule has 0 spiro atoms. The highest BCUT2D eigenvalue weighted by molar-refractivity contribution is 5.55. The van der Waals surface area contributed by atoms with Gasteiger partial charge in [0.1, 0.15) is 0 Å². The molecule has 25 heavy (non-hydrogen) atoms. The Morgan fingerprint density at radius 3 is 2.04 bits per heavy atom. The summed E-state index contributed by atoms with van der Waals surface area (Å²) < 4.78 is 0. The summed E-state index contributed by atoms with van der Waals surface area (Å²) in [5.74, 6) is 1.20. The van der Waals surface area contributed by atoms with Gasteiger partial charge in [-0.3, -0.25) is 4.99 Å². The molecule has 0 aromatic heterocycles. The van der Waals surface area contributed by atoms with Crippen LogP contribution in [0.4, 0.5) is 0 Å². The molecule has 1 heterocycles. The summed E-state index contributed by atoms with van der Waals surface area (Å²) in [6.07, 6.45) is 6.96. The first kappa shape index (κ1) is 17.7. The number of hydrogen-bond donors (Lipinski definition) is 0. The smallest absolute Gasteiger partial charge is 0.0849 e. The lowest BCUT2D eigenvalue weighted by Crippen LogP contribution is -2.35. The molecule has 0 amide bonds. The van der Waals surface area contributed by atoms with E-state index in [1.165, 1.54) is 36.8 Å². The highest BCUT2D eigenvalue weighted by Crippen LogP contribution is 2.37. The Labute approximate surface area is 152 Å². The van der Waals surface area contributed by atoms with Gasteiger partial charge in [-0.05, 0) is 36.3 Å². The van der Waals surface area contributed by atoms with Crippen molar-refractivity contribution in [3.05, 3.63) is 71.8 Å². The van der Waals surface area contributed by atoms with Gasteiger partial charge in [-0.1, -0.05) is 74.0 Å². The van der Waals surface area contributed by atoms with E-state index in [0.717, 1.165) is 19.6 Å². The van der Waals surface area contributed by atoms with E-state index in [2.05, 4.69) is 83.8 Å². The van der Waals surface area contributed by atoms with Crippen molar-refractivity contribution < 1.29 is 0 Å². The molecule has 132 valence electrons. The molecular weight excluding hydrogens is 304 g/mol. The average molecular weight is 335 g/mol. The van der Waals surface area contributed by atoms with E-state index in [1.54, 1.807) is 0 Å². The van der Waals surface area contributed by atoms with Gasteiger partial charge in [0, 0.05) is 25.6 Å². The number of hydrogen-bond acceptors (Lipinski definition) is 1. The molecule has 1 saturated heterocycles. The number of unbranched alkanes of at least 4 members (excludes halogenated alkanes) is 1. The van der Waals surface area contributed by atoms with Crippen LogP contribution in [0.5, 0.6) is 0 Å². The molecule has 3 rings (SSSR count). The number of benzene rings is 2. The second-order valence-corrected chi connectivity index (χ2v) is 7.05. The standard InChI is InChI=1S/C23H30N2/c1-2-3-16-24-19-25-17-14-22(15-18-25)23(20-10-6-4-7-11-20)21-12-8-5-9-13-21/h4-13,19,22-23H,2-3,14-18H2,1H3. The maximum absolute atomic E-state index is 4.57. The van der Waals surface area contributed by atoms with Crippen LogP contribution in [0.3, 0.4) is 0 Å². The Morgan fingerprint density at radius 1 is 0.960 bits per heavy atom. The lowest BCUT2D eigenvalue weighted by molar-refractivity contribution is 0.254. The molecular formula is C23H30N2. The maximum Gasteiger partial charge on any atom is 0.0849 e. The normalized spacial score (nSPS) is 16.0. The van der Waals surface area contributed by atoms with Crippen molar-refractivity contribution in [3.63, 3.8) is 0 Å². The fraction of sp³-hybridized carbons (Fsp3) is 0.435. The number of piperidine rings is 1. The number of nitrogens with zero attached hydrogens (tertiary/aromatic N) is 2. The van der Waals surface area contributed by atoms with Crippen LogP contribution >= 0.6 is 0 Å². The molecule has 2 aromatic carbocycles. The summed E-state index contributed by atoms with van der Waals surface area (Å²) in [6.45, 7) is 5.42. The van der Waals surface area contributed by atoms with E-state index in [9.17, 15) is 0 Å². The summed E-state index contributed by atoms with van der Waals surface area (Å²) >= 11 is 0. The Morgan fingerprint density at radius 2 is 1.52 bits per heavy atom. The molecule has 2 aromatic rings. The molecule has 0 unspecified atom stereocenters. The van der Waals surface area contributed by atoms with E-state index in [4.69, 9.17) is 0 Å². The van der Waals surface area contributed by atoms with Crippen LogP contribution in [0, 0.1) is 5.92 Å². The van der Waals surface area contributed by atoms with Crippen molar-refractivity contribution in [2.75, 3.05) is 19.6 Å². The first-order valence-corrected chi connectivity index (χ1v) is 9.72. The first-order chi connectivity index (χ1) is 12.4. The Hall–Kier alpha value is -2.09. The van der Waals surface area contributed by atoms with Gasteiger partial charge in [0.25, 0.3) is 0 Å². The van der Waals surface area contributed by atoms with Crippen LogP contribution in [0.2, 0.25) is 0 Å². The Bertz CT molecular complexity index is 588. The van der Waals surface area contributed by atoms with E-state index in [-0.39, 0.29) is 0 Å². The van der Waals surface area contributed by atoms with E-state index >= 15 is 0 Å². The van der Waals surface area contributed by atoms with E-state index in [1.807, 2.05) is 0 Å². The second kappa shape index (κ2) is 9.41. The molecule has 2 heteroatoms. The van der Waals surface area contributed by atoms with Crippen molar-refractivity contribution in [2.24, 2.45) is 10.9 Å². The summed E-state index contributed by atoms with van der Waals surface area (Å²) in [5.41, 5.74) is 2.90. The fourth-order valence-electron chi connectivity index (χ4n) is 3.85. The van der Waals surface area contributed by atoms with Gasteiger partial charge in [-0.15, -0.1) is 0 Å². The maximum atomic E-state index is 4.57. The summed E-state index contributed by atoms with van der Waals surface area (Å²) in [7, 11) is 0. The third-order valence-electron chi connectivity index (χ3n) is 5.25. The highest BCUT2D eigenvalue weighted by Gasteiger charge is 2.28. The third-order valence-corrected chi connectivity index (χ3v) is 5.25. The number of likely N-dealkylation sites (tertiary alicyclic amines) is 1. The van der Waals surface area contributed by atoms with E-state index in [0.29, 0.717) is 11.8 Å². The zero-order chi connectivity index (χ0) is 17.3. The van der Waals surface area contributed by atoms with Crippen LogP contribution < -0.4 is 0 Å². The predicted octanol–water partition coefficient (Wildman–Crippen LogP) is 5.36. The van der Waals surface area contributed by atoms with Gasteiger partial charge in [0.2, 0.25) is 0 Å². The van der Waals surface area contributed by atoms with Crippen LogP contribution in [0.15, 0.2) is 65.7 Å². The molecule has 1 fully saturated rings. The summed E-state index contributed by atoms with van der Waals surface area (Å²) in [4.78, 5) is 6.97. The van der Waals surface area contributed by atoms with Crippen molar-refractivity contribution in [2.45, 2.75) is 38.5 Å². The number of aliphatic imine (C=N–C) groups is 1. The SMILES string of the molecule is CCCCN=CN1CCC(C(c2ccccc2)c2ccccc2)CC1. The summed E-state index contributed by atoms with van der Waals surface area (Å²) in [5, 5.41) is 0. The zero-order valence-corrected chi connectivity index (χ0v) is 15.3. The van der Waals surface area contributed by atoms with Gasteiger partial charge in [-0.2, -0.15) is 0 Å². The quantitative estimate of drug-likeness (QED) is 0.378. The Balaban J connectivity index is 1.68. The molecule has 0 atom stereocenters. The largest absolute Gasteiger partial charge is 0.363 e. The van der Waals surface area contributed by atoms with Gasteiger partial charge < -0.3 is 4.90 Å². The van der Waals surface area contributed by atoms with Crippen LogP contribution in [-0.4, -0.2) is 30.9 Å². The van der Waals surface area contributed by atoms with Crippen molar-refractivity contribution in [3.8, 4) is 0 Å². The lowest BCUT2D eigenvalue weighted by Gasteiger charge is -2.36. The predicted molar refractivity (Wildman–Crippen MR) is 107 cm³/mol. The van der Waals surface area contributed by atoms with Crippen LogP contribution in [-0.2, 0) is 0 Å². The zero-order valence-electron chi connectivity index (χ0n) is 15.3. The third kappa shape index (κ3) is 4.94. The highest BCUT2D eigenvalue weighted by atomic mass is 15.1. The molecule has 1 aliphatic rings. The monoisotopic (exact) mass is 334 g/mol. The second-order valence-electron chi connectivity index (χ2n) is 7.05. The van der Waals surface area contributed by atoms with Gasteiger partial charge in [-0.25, -0.2) is 0 Å². The Kier molecular flexibility index (Phi) is 6.67. The fourth-order valence-corrected chi connectivity index (χ4v) is 3.85. The van der Waals surface area contributed by atoms with Crippen molar-refractivity contribution >= 4 is 6.34 Å². The van der Waals surface area contributed by atoms with Crippen molar-refractivity contribution in [1.82, 2.24) is 4.90 Å². The molecule has 1 aliphatic heterocycles. The number of rotatable bonds is 7. The van der Waals surface area contributed by atoms with E-state index < -0.39 is 0 Å². The molecule has 2 nitrogen and oxygen atoms in total. The molecule has 0 bridgehead atoms.